The number of pyridine rings is 1. The van der Waals surface area contributed by atoms with Crippen LogP contribution in [-0.4, -0.2) is 20.7 Å². The third kappa shape index (κ3) is 1.91. The number of hydrogen-bond donors (Lipinski definition) is 1. The van der Waals surface area contributed by atoms with Gasteiger partial charge in [0.1, 0.15) is 11.3 Å². The zero-order valence-electron chi connectivity index (χ0n) is 10.0. The number of aromatic nitrogens is 2. The summed E-state index contributed by atoms with van der Waals surface area (Å²) in [6.07, 6.45) is 2.43. The quantitative estimate of drug-likeness (QED) is 0.781. The average Bonchev–Trinajstić information content (AvgIpc) is 2.82. The molecule has 100 valence electrons. The highest BCUT2D eigenvalue weighted by Crippen LogP contribution is 2.27. The maximum absolute atomic E-state index is 13.9. The molecule has 0 radical (unpaired) electrons. The van der Waals surface area contributed by atoms with Gasteiger partial charge in [0, 0.05) is 11.6 Å². The van der Waals surface area contributed by atoms with Gasteiger partial charge in [0.05, 0.1) is 18.0 Å². The van der Waals surface area contributed by atoms with E-state index in [1.807, 2.05) is 0 Å². The predicted molar refractivity (Wildman–Crippen MR) is 67.5 cm³/mol. The van der Waals surface area contributed by atoms with Gasteiger partial charge in [-0.2, -0.15) is 5.10 Å². The number of carbonyl (C=O) groups is 1. The second kappa shape index (κ2) is 4.41. The van der Waals surface area contributed by atoms with Crippen LogP contribution in [0.3, 0.4) is 0 Å². The lowest BCUT2D eigenvalue weighted by Crippen LogP contribution is -1.96. The van der Waals surface area contributed by atoms with Crippen LogP contribution in [0.25, 0.3) is 16.6 Å². The fourth-order valence-corrected chi connectivity index (χ4v) is 2.07. The molecule has 2 aromatic heterocycles. The van der Waals surface area contributed by atoms with Gasteiger partial charge in [0.15, 0.2) is 5.82 Å². The van der Waals surface area contributed by atoms with E-state index in [2.05, 4.69) is 5.10 Å². The van der Waals surface area contributed by atoms with E-state index < -0.39 is 17.6 Å². The maximum atomic E-state index is 13.9. The van der Waals surface area contributed by atoms with Crippen molar-refractivity contribution < 1.29 is 18.7 Å². The lowest BCUT2D eigenvalue weighted by molar-refractivity contribution is 0.0697. The highest BCUT2D eigenvalue weighted by atomic mass is 19.1. The largest absolute Gasteiger partial charge is 0.478 e. The van der Waals surface area contributed by atoms with Crippen molar-refractivity contribution in [3.8, 4) is 11.1 Å². The lowest BCUT2D eigenvalue weighted by Gasteiger charge is -2.02. The second-order valence-electron chi connectivity index (χ2n) is 4.24. The van der Waals surface area contributed by atoms with Crippen LogP contribution in [0.5, 0.6) is 0 Å². The lowest BCUT2D eigenvalue weighted by atomic mass is 10.0. The minimum Gasteiger partial charge on any atom is -0.478 e. The zero-order chi connectivity index (χ0) is 14.3. The summed E-state index contributed by atoms with van der Waals surface area (Å²) in [5, 5.41) is 12.8. The Morgan fingerprint density at radius 2 is 2.05 bits per heavy atom. The fourth-order valence-electron chi connectivity index (χ4n) is 2.07. The van der Waals surface area contributed by atoms with Gasteiger partial charge in [-0.15, -0.1) is 0 Å². The predicted octanol–water partition coefficient (Wildman–Crippen LogP) is 2.98. The molecule has 0 bridgehead atoms. The van der Waals surface area contributed by atoms with Crippen LogP contribution >= 0.6 is 0 Å². The summed E-state index contributed by atoms with van der Waals surface area (Å²) in [5.74, 6) is -2.56. The van der Waals surface area contributed by atoms with Crippen molar-refractivity contribution in [2.24, 2.45) is 0 Å². The van der Waals surface area contributed by atoms with Gasteiger partial charge in [0.25, 0.3) is 0 Å². The number of carboxylic acids is 1. The summed E-state index contributed by atoms with van der Waals surface area (Å²) < 4.78 is 28.1. The van der Waals surface area contributed by atoms with Crippen molar-refractivity contribution in [3.05, 3.63) is 59.9 Å². The molecule has 0 spiro atoms. The molecule has 0 amide bonds. The number of nitrogens with zero attached hydrogens (tertiary/aromatic N) is 2. The van der Waals surface area contributed by atoms with Crippen LogP contribution in [-0.2, 0) is 0 Å². The Morgan fingerprint density at radius 3 is 2.80 bits per heavy atom. The average molecular weight is 274 g/mol. The van der Waals surface area contributed by atoms with Gasteiger partial charge in [-0.05, 0) is 17.7 Å². The Kier molecular flexibility index (Phi) is 2.71. The maximum Gasteiger partial charge on any atom is 0.335 e. The summed E-state index contributed by atoms with van der Waals surface area (Å²) in [4.78, 5) is 11.0. The van der Waals surface area contributed by atoms with E-state index in [1.54, 1.807) is 12.1 Å². The molecule has 0 aliphatic carbocycles. The minimum atomic E-state index is -1.07. The molecular weight excluding hydrogens is 266 g/mol. The van der Waals surface area contributed by atoms with E-state index in [1.165, 1.54) is 18.3 Å². The molecule has 2 heterocycles. The van der Waals surface area contributed by atoms with E-state index in [0.717, 1.165) is 16.8 Å². The molecule has 0 aliphatic rings. The molecule has 0 unspecified atom stereocenters. The summed E-state index contributed by atoms with van der Waals surface area (Å²) in [6, 6.07) is 6.83. The van der Waals surface area contributed by atoms with E-state index in [0.29, 0.717) is 11.1 Å². The first kappa shape index (κ1) is 12.3. The zero-order valence-corrected chi connectivity index (χ0v) is 10.0. The number of aromatic carboxylic acids is 1. The number of hydrogen-bond acceptors (Lipinski definition) is 2. The molecule has 1 aromatic carbocycles. The van der Waals surface area contributed by atoms with E-state index in [9.17, 15) is 13.6 Å². The standard InChI is InChI=1S/C14H8F2N2O2/c15-10-5-12(16)13-11(6-17-18(13)7-10)8-2-1-3-9(4-8)14(19)20/h1-7H,(H,19,20). The summed E-state index contributed by atoms with van der Waals surface area (Å²) in [5.41, 5.74) is 1.11. The van der Waals surface area contributed by atoms with Gasteiger partial charge < -0.3 is 5.11 Å². The van der Waals surface area contributed by atoms with E-state index >= 15 is 0 Å². The molecular formula is C14H8F2N2O2. The minimum absolute atomic E-state index is 0.0874. The molecule has 20 heavy (non-hydrogen) atoms. The summed E-state index contributed by atoms with van der Waals surface area (Å²) >= 11 is 0. The van der Waals surface area contributed by atoms with Gasteiger partial charge in [-0.3, -0.25) is 0 Å². The van der Waals surface area contributed by atoms with Gasteiger partial charge in [-0.25, -0.2) is 18.1 Å². The highest BCUT2D eigenvalue weighted by molar-refractivity contribution is 5.91. The van der Waals surface area contributed by atoms with Crippen molar-refractivity contribution in [1.29, 1.82) is 0 Å². The van der Waals surface area contributed by atoms with Crippen molar-refractivity contribution in [2.75, 3.05) is 0 Å². The number of halogens is 2. The number of fused-ring (bicyclic) bond motifs is 1. The molecule has 0 saturated carbocycles. The van der Waals surface area contributed by atoms with Crippen LogP contribution in [0.4, 0.5) is 8.78 Å². The monoisotopic (exact) mass is 274 g/mol. The Bertz CT molecular complexity index is 827. The van der Waals surface area contributed by atoms with Crippen LogP contribution in [0.15, 0.2) is 42.7 Å². The topological polar surface area (TPSA) is 54.6 Å². The van der Waals surface area contributed by atoms with Crippen LogP contribution in [0.1, 0.15) is 10.4 Å². The van der Waals surface area contributed by atoms with Crippen molar-refractivity contribution in [3.63, 3.8) is 0 Å². The Hall–Kier alpha value is -2.76. The van der Waals surface area contributed by atoms with Crippen LogP contribution in [0.2, 0.25) is 0 Å². The van der Waals surface area contributed by atoms with Gasteiger partial charge in [0.2, 0.25) is 0 Å². The molecule has 0 fully saturated rings. The number of carboxylic acid groups (broad SMARTS) is 1. The molecule has 0 saturated heterocycles. The summed E-state index contributed by atoms with van der Waals surface area (Å²) in [6.45, 7) is 0. The third-order valence-electron chi connectivity index (χ3n) is 2.95. The number of rotatable bonds is 2. The molecule has 0 atom stereocenters. The third-order valence-corrected chi connectivity index (χ3v) is 2.95. The first-order chi connectivity index (χ1) is 9.56. The Morgan fingerprint density at radius 1 is 1.25 bits per heavy atom. The normalized spacial score (nSPS) is 10.9. The molecule has 3 rings (SSSR count). The van der Waals surface area contributed by atoms with E-state index in [-0.39, 0.29) is 11.1 Å². The van der Waals surface area contributed by atoms with Gasteiger partial charge >= 0.3 is 5.97 Å². The van der Waals surface area contributed by atoms with Crippen molar-refractivity contribution in [2.45, 2.75) is 0 Å². The second-order valence-corrected chi connectivity index (χ2v) is 4.24. The van der Waals surface area contributed by atoms with Gasteiger partial charge in [-0.1, -0.05) is 12.1 Å². The van der Waals surface area contributed by atoms with Crippen LogP contribution in [0, 0.1) is 11.6 Å². The first-order valence-electron chi connectivity index (χ1n) is 5.72. The van der Waals surface area contributed by atoms with Crippen molar-refractivity contribution in [1.82, 2.24) is 9.61 Å². The Labute approximate surface area is 111 Å². The van der Waals surface area contributed by atoms with Crippen molar-refractivity contribution >= 4 is 11.5 Å². The SMILES string of the molecule is O=C(O)c1cccc(-c2cnn3cc(F)cc(F)c23)c1. The fraction of sp³-hybridized carbons (Fsp3) is 0. The number of benzene rings is 1. The highest BCUT2D eigenvalue weighted by Gasteiger charge is 2.14. The molecule has 4 nitrogen and oxygen atoms in total. The van der Waals surface area contributed by atoms with Crippen LogP contribution < -0.4 is 0 Å². The first-order valence-corrected chi connectivity index (χ1v) is 5.72. The summed E-state index contributed by atoms with van der Waals surface area (Å²) in [7, 11) is 0. The molecule has 3 aromatic rings. The smallest absolute Gasteiger partial charge is 0.335 e. The molecule has 1 N–H and O–H groups in total. The Balaban J connectivity index is 2.25. The van der Waals surface area contributed by atoms with E-state index in [4.69, 9.17) is 5.11 Å². The molecule has 0 aliphatic heterocycles. The molecule has 6 heteroatoms.